The maximum atomic E-state index is 12.3. The van der Waals surface area contributed by atoms with Gasteiger partial charge in [-0.2, -0.15) is 0 Å². The third-order valence-corrected chi connectivity index (χ3v) is 17.1. The normalized spacial score (nSPS) is 18.0. The van der Waals surface area contributed by atoms with Gasteiger partial charge in [0, 0.05) is 46.1 Å². The van der Waals surface area contributed by atoms with E-state index in [1.54, 1.807) is 13.0 Å². The van der Waals surface area contributed by atoms with E-state index in [1.807, 2.05) is 39.3 Å². The molecule has 0 aromatic rings. The second-order valence-corrected chi connectivity index (χ2v) is 21.4. The third-order valence-electron chi connectivity index (χ3n) is 7.37. The lowest BCUT2D eigenvalue weighted by atomic mass is 10.4. The van der Waals surface area contributed by atoms with Crippen molar-refractivity contribution in [1.82, 2.24) is 0 Å². The van der Waals surface area contributed by atoms with Gasteiger partial charge >= 0.3 is 41.8 Å². The number of carbonyl (C=O) groups is 4. The average Bonchev–Trinajstić information content (AvgIpc) is 3.00. The van der Waals surface area contributed by atoms with Crippen molar-refractivity contribution in [2.45, 2.75) is 135 Å². The predicted molar refractivity (Wildman–Crippen MR) is 206 cm³/mol. The highest BCUT2D eigenvalue weighted by Gasteiger charge is 2.46. The van der Waals surface area contributed by atoms with Crippen LogP contribution in [0.3, 0.4) is 0 Å². The summed E-state index contributed by atoms with van der Waals surface area (Å²) >= 11 is 0. The van der Waals surface area contributed by atoms with E-state index in [1.165, 1.54) is 26.8 Å². The van der Waals surface area contributed by atoms with Crippen LogP contribution < -0.4 is 0 Å². The first-order valence-corrected chi connectivity index (χ1v) is 32.2. The molecule has 0 aliphatic rings. The van der Waals surface area contributed by atoms with E-state index in [-0.39, 0.29) is 25.9 Å². The summed E-state index contributed by atoms with van der Waals surface area (Å²) in [7, 11) is -9.18. The number of ether oxygens (including phenoxy) is 4. The van der Waals surface area contributed by atoms with E-state index in [4.69, 9.17) is 45.5 Å². The molecule has 0 radical (unpaired) electrons. The number of hydrogen-bond acceptors (Lipinski definition) is 14. The fourth-order valence-corrected chi connectivity index (χ4v) is 15.4. The van der Waals surface area contributed by atoms with Crippen LogP contribution in [-0.2, 0) is 64.7 Å². The average molecular weight is 819 g/mol. The maximum absolute atomic E-state index is 12.3. The largest absolute Gasteiger partial charge is 0.463 e. The maximum Gasteiger partial charge on any atom is 0.330 e. The van der Waals surface area contributed by atoms with Gasteiger partial charge in [0.15, 0.2) is 58.6 Å². The monoisotopic (exact) mass is 818 g/mol. The number of rotatable bonds is 29. The minimum atomic E-state index is -2.71. The fraction of sp³-hybridized carbons (Fsp3) is 0.786. The molecule has 0 aromatic carbocycles. The van der Waals surface area contributed by atoms with Crippen LogP contribution in [0.15, 0.2) is 12.2 Å². The topological polar surface area (TPSA) is 161 Å². The molecule has 0 aromatic heterocycles. The molecule has 0 N–H and O–H groups in total. The van der Waals surface area contributed by atoms with Crippen LogP contribution in [0.4, 0.5) is 0 Å². The van der Waals surface area contributed by atoms with E-state index in [9.17, 15) is 19.2 Å². The molecule has 0 bridgehead atoms. The molecule has 0 fully saturated rings. The highest BCUT2D eigenvalue weighted by Crippen LogP contribution is 2.40. The van der Waals surface area contributed by atoms with E-state index >= 15 is 0 Å². The summed E-state index contributed by atoms with van der Waals surface area (Å²) < 4.78 is 59.7. The molecule has 0 amide bonds. The minimum Gasteiger partial charge on any atom is -0.463 e. The molecule has 0 aliphatic heterocycles. The van der Waals surface area contributed by atoms with Crippen molar-refractivity contribution in [3.8, 4) is 0 Å². The molecule has 0 saturated carbocycles. The first kappa shape index (κ1) is 47.9. The first-order chi connectivity index (χ1) is 23.2. The summed E-state index contributed by atoms with van der Waals surface area (Å²) in [5.74, 6) is -6.50. The highest BCUT2D eigenvalue weighted by molar-refractivity contribution is 6.80. The van der Waals surface area contributed by atoms with Gasteiger partial charge in [-0.3, -0.25) is 14.4 Å². The zero-order chi connectivity index (χ0) is 37.4. The number of allylic oxidation sites excluding steroid dienone is 1. The van der Waals surface area contributed by atoms with Gasteiger partial charge in [-0.15, -0.1) is 0 Å². The molecule has 21 heteroatoms. The van der Waals surface area contributed by atoms with Crippen LogP contribution in [0.1, 0.15) is 53.4 Å². The molecule has 49 heavy (non-hydrogen) atoms. The molecule has 0 aliphatic carbocycles. The van der Waals surface area contributed by atoms with Gasteiger partial charge in [0.1, 0.15) is 0 Å². The molecule has 286 valence electrons. The zero-order valence-corrected chi connectivity index (χ0v) is 41.0. The van der Waals surface area contributed by atoms with Crippen LogP contribution in [0.2, 0.25) is 63.5 Å². The van der Waals surface area contributed by atoms with E-state index in [0.29, 0.717) is 30.6 Å². The van der Waals surface area contributed by atoms with Crippen LogP contribution in [-0.4, -0.2) is 115 Å². The molecule has 0 atom stereocenters. The summed E-state index contributed by atoms with van der Waals surface area (Å²) in [5.41, 5.74) is 0. The first-order valence-electron chi connectivity index (χ1n) is 17.4. The molecule has 0 rings (SSSR count). The summed E-state index contributed by atoms with van der Waals surface area (Å²) in [4.78, 5) is 49.1. The second kappa shape index (κ2) is 25.8. The van der Waals surface area contributed by atoms with Gasteiger partial charge in [-0.1, -0.05) is 51.4 Å². The van der Waals surface area contributed by atoms with Gasteiger partial charge < -0.3 is 45.5 Å². The molecule has 0 saturated heterocycles. The Balaban J connectivity index is 7.19. The van der Waals surface area contributed by atoms with E-state index in [0.717, 1.165) is 0 Å². The smallest absolute Gasteiger partial charge is 0.330 e. The Morgan fingerprint density at radius 3 is 1.10 bits per heavy atom. The highest BCUT2D eigenvalue weighted by atomic mass is 28.3. The Morgan fingerprint density at radius 2 is 0.857 bits per heavy atom. The van der Waals surface area contributed by atoms with Crippen molar-refractivity contribution < 1.29 is 64.7 Å². The lowest BCUT2D eigenvalue weighted by molar-refractivity contribution is -0.287. The Bertz CT molecular complexity index is 904. The molecule has 0 spiro atoms. The minimum absolute atomic E-state index is 0.182. The van der Waals surface area contributed by atoms with Crippen molar-refractivity contribution in [1.29, 1.82) is 0 Å². The van der Waals surface area contributed by atoms with Crippen LogP contribution in [0.25, 0.3) is 0 Å². The summed E-state index contributed by atoms with van der Waals surface area (Å²) in [6.07, 6.45) is 4.31. The second-order valence-electron chi connectivity index (χ2n) is 11.2. The summed E-state index contributed by atoms with van der Waals surface area (Å²) in [6, 6.07) is 2.26. The Labute approximate surface area is 307 Å². The standard InChI is InChI=1S/C28H62O14Si7/c1-11-13-25(32)33-17-12-18-49(19-14-26(37-43-5,38-44-6)34-22(2)29,20-15-27(39-45-7,40-46-8)35-23(3)30)21-16-28(41-47-9,42-48-10)36-24(4)31/h11,13H,12,14-21,43-48H2,1-10H3. The number of esters is 4. The van der Waals surface area contributed by atoms with Gasteiger partial charge in [0.05, 0.1) is 14.7 Å². The molecule has 0 heterocycles. The molecule has 0 unspecified atom stereocenters. The Hall–Kier alpha value is -1.10. The van der Waals surface area contributed by atoms with E-state index in [2.05, 4.69) is 0 Å². The van der Waals surface area contributed by atoms with Crippen LogP contribution in [0.5, 0.6) is 0 Å². The Kier molecular flexibility index (Phi) is 25.2. The number of hydrogen-bond donors (Lipinski definition) is 0. The van der Waals surface area contributed by atoms with Gasteiger partial charge in [-0.25, -0.2) is 4.79 Å². The summed E-state index contributed by atoms with van der Waals surface area (Å²) in [5, 5.41) is 0. The quantitative estimate of drug-likeness (QED) is 0.0259. The molecular weight excluding hydrogens is 757 g/mol. The van der Waals surface area contributed by atoms with E-state index < -0.39 is 108 Å². The van der Waals surface area contributed by atoms with Crippen molar-refractivity contribution in [3.05, 3.63) is 12.2 Å². The fourth-order valence-electron chi connectivity index (χ4n) is 5.67. The van der Waals surface area contributed by atoms with Crippen LogP contribution >= 0.6 is 0 Å². The van der Waals surface area contributed by atoms with Gasteiger partial charge in [0.2, 0.25) is 0 Å². The predicted octanol–water partition coefficient (Wildman–Crippen LogP) is 0.657. The lowest BCUT2D eigenvalue weighted by Gasteiger charge is -2.42. The zero-order valence-electron chi connectivity index (χ0n) is 31.5. The van der Waals surface area contributed by atoms with Gasteiger partial charge in [-0.05, 0) is 31.5 Å². The SMILES string of the molecule is CC=CC(=O)OCCC[Si](CCC(O[SiH2]C)(O[SiH2]C)OC(C)=O)(CCC(O[SiH2]C)(O[SiH2]C)OC(C)=O)CCC(O[SiH2]C)(O[SiH2]C)OC(C)=O. The van der Waals surface area contributed by atoms with Crippen molar-refractivity contribution in [2.24, 2.45) is 0 Å². The summed E-state index contributed by atoms with van der Waals surface area (Å²) in [6.45, 7) is 17.6. The van der Waals surface area contributed by atoms with Crippen molar-refractivity contribution in [3.63, 3.8) is 0 Å². The molecule has 14 nitrogen and oxygen atoms in total. The molecular formula is C28H62O14Si7. The van der Waals surface area contributed by atoms with Gasteiger partial charge in [0.25, 0.3) is 0 Å². The number of carbonyl (C=O) groups excluding carboxylic acids is 4. The Morgan fingerprint density at radius 1 is 0.551 bits per heavy atom. The lowest BCUT2D eigenvalue weighted by Crippen LogP contribution is -2.49. The van der Waals surface area contributed by atoms with Crippen LogP contribution in [0, 0.1) is 0 Å². The van der Waals surface area contributed by atoms with Crippen molar-refractivity contribution in [2.75, 3.05) is 6.61 Å². The third kappa shape index (κ3) is 19.4. The van der Waals surface area contributed by atoms with Crippen molar-refractivity contribution >= 4 is 90.5 Å².